The highest BCUT2D eigenvalue weighted by molar-refractivity contribution is 4.93. The average Bonchev–Trinajstić information content (AvgIpc) is 2.68. The van der Waals surface area contributed by atoms with Gasteiger partial charge in [0.05, 0.1) is 6.61 Å². The first kappa shape index (κ1) is 24.8. The summed E-state index contributed by atoms with van der Waals surface area (Å²) in [5.41, 5.74) is 0. The van der Waals surface area contributed by atoms with Gasteiger partial charge >= 0.3 is 0 Å². The maximum Gasteiger partial charge on any atom is 0.186 e. The molecule has 0 aromatic rings. The van der Waals surface area contributed by atoms with Crippen molar-refractivity contribution in [3.63, 3.8) is 0 Å². The van der Waals surface area contributed by atoms with Crippen LogP contribution >= 0.6 is 0 Å². The second kappa shape index (κ2) is 15.7. The van der Waals surface area contributed by atoms with Gasteiger partial charge in [-0.1, -0.05) is 40.0 Å². The summed E-state index contributed by atoms with van der Waals surface area (Å²) in [6, 6.07) is 0. The minimum atomic E-state index is -0.482. The molecule has 1 heterocycles. The van der Waals surface area contributed by atoms with Gasteiger partial charge in [0.2, 0.25) is 0 Å². The van der Waals surface area contributed by atoms with Crippen LogP contribution < -0.4 is 0 Å². The standard InChI is InChI=1S/C21H42O6/c1-6-10-13-24-18-17(16-23-9-4)27-21(22-5)20(26-15-12-8-3)19(18)25-14-11-7-2/h17-21H,6-16H2,1-5H3/t17?,18-,19-,20?,21-/m0/s1. The number of rotatable bonds is 16. The molecule has 6 heteroatoms. The zero-order valence-electron chi connectivity index (χ0n) is 18.1. The molecule has 5 atom stereocenters. The molecule has 0 N–H and O–H groups in total. The molecule has 162 valence electrons. The molecular formula is C21H42O6. The lowest BCUT2D eigenvalue weighted by Gasteiger charge is -2.45. The Morgan fingerprint density at radius 2 is 1.22 bits per heavy atom. The van der Waals surface area contributed by atoms with E-state index in [0.717, 1.165) is 38.5 Å². The molecule has 0 aliphatic carbocycles. The summed E-state index contributed by atoms with van der Waals surface area (Å²) < 4.78 is 36.1. The molecule has 0 saturated carbocycles. The van der Waals surface area contributed by atoms with Crippen LogP contribution in [0.1, 0.15) is 66.2 Å². The zero-order chi connectivity index (χ0) is 19.9. The van der Waals surface area contributed by atoms with Crippen molar-refractivity contribution >= 4 is 0 Å². The molecule has 0 bridgehead atoms. The summed E-state index contributed by atoms with van der Waals surface area (Å²) in [5.74, 6) is 0. The van der Waals surface area contributed by atoms with Gasteiger partial charge in [-0.3, -0.25) is 0 Å². The number of unbranched alkanes of at least 4 members (excludes halogenated alkanes) is 3. The van der Waals surface area contributed by atoms with Crippen molar-refractivity contribution in [1.82, 2.24) is 0 Å². The van der Waals surface area contributed by atoms with E-state index in [1.165, 1.54) is 0 Å². The lowest BCUT2D eigenvalue weighted by atomic mass is 9.98. The number of hydrogen-bond acceptors (Lipinski definition) is 6. The Balaban J connectivity index is 2.94. The second-order valence-corrected chi connectivity index (χ2v) is 7.00. The molecule has 1 rings (SSSR count). The Morgan fingerprint density at radius 1 is 0.704 bits per heavy atom. The third-order valence-electron chi connectivity index (χ3n) is 4.73. The smallest absolute Gasteiger partial charge is 0.186 e. The van der Waals surface area contributed by atoms with E-state index in [4.69, 9.17) is 28.4 Å². The van der Waals surface area contributed by atoms with Gasteiger partial charge < -0.3 is 28.4 Å². The van der Waals surface area contributed by atoms with E-state index in [0.29, 0.717) is 33.0 Å². The highest BCUT2D eigenvalue weighted by Gasteiger charge is 2.48. The van der Waals surface area contributed by atoms with Crippen molar-refractivity contribution in [3.05, 3.63) is 0 Å². The molecule has 0 aromatic heterocycles. The molecule has 0 amide bonds. The van der Waals surface area contributed by atoms with Crippen LogP contribution in [-0.2, 0) is 28.4 Å². The Hall–Kier alpha value is -0.240. The van der Waals surface area contributed by atoms with Crippen LogP contribution in [0.5, 0.6) is 0 Å². The van der Waals surface area contributed by atoms with Crippen molar-refractivity contribution in [3.8, 4) is 0 Å². The van der Waals surface area contributed by atoms with Crippen LogP contribution in [0.4, 0.5) is 0 Å². The van der Waals surface area contributed by atoms with Crippen molar-refractivity contribution in [2.24, 2.45) is 0 Å². The largest absolute Gasteiger partial charge is 0.379 e. The van der Waals surface area contributed by atoms with Crippen LogP contribution in [0.3, 0.4) is 0 Å². The van der Waals surface area contributed by atoms with Crippen LogP contribution in [0, 0.1) is 0 Å². The topological polar surface area (TPSA) is 55.4 Å². The fraction of sp³-hybridized carbons (Fsp3) is 1.00. The predicted octanol–water partition coefficient (Wildman–Crippen LogP) is 3.95. The van der Waals surface area contributed by atoms with E-state index >= 15 is 0 Å². The van der Waals surface area contributed by atoms with Crippen LogP contribution in [-0.4, -0.2) is 70.9 Å². The first-order chi connectivity index (χ1) is 13.2. The van der Waals surface area contributed by atoms with E-state index in [2.05, 4.69) is 20.8 Å². The molecule has 1 aliphatic rings. The minimum absolute atomic E-state index is 0.224. The maximum absolute atomic E-state index is 6.29. The summed E-state index contributed by atoms with van der Waals surface area (Å²) in [7, 11) is 1.65. The quantitative estimate of drug-likeness (QED) is 0.372. The normalized spacial score (nSPS) is 28.6. The number of methoxy groups -OCH3 is 1. The van der Waals surface area contributed by atoms with Crippen molar-refractivity contribution in [1.29, 1.82) is 0 Å². The fourth-order valence-corrected chi connectivity index (χ4v) is 3.09. The van der Waals surface area contributed by atoms with Gasteiger partial charge in [-0.15, -0.1) is 0 Å². The van der Waals surface area contributed by atoms with Crippen LogP contribution in [0.15, 0.2) is 0 Å². The van der Waals surface area contributed by atoms with Gasteiger partial charge in [0, 0.05) is 33.5 Å². The molecule has 1 fully saturated rings. The van der Waals surface area contributed by atoms with Crippen LogP contribution in [0.25, 0.3) is 0 Å². The third kappa shape index (κ3) is 8.75. The Bertz CT molecular complexity index is 341. The minimum Gasteiger partial charge on any atom is -0.379 e. The zero-order valence-corrected chi connectivity index (χ0v) is 18.1. The number of ether oxygens (including phenoxy) is 6. The molecule has 27 heavy (non-hydrogen) atoms. The Morgan fingerprint density at radius 3 is 1.70 bits per heavy atom. The van der Waals surface area contributed by atoms with Gasteiger partial charge in [-0.05, 0) is 26.2 Å². The summed E-state index contributed by atoms with van der Waals surface area (Å²) in [5, 5.41) is 0. The monoisotopic (exact) mass is 390 g/mol. The predicted molar refractivity (Wildman–Crippen MR) is 106 cm³/mol. The second-order valence-electron chi connectivity index (χ2n) is 7.00. The molecule has 6 nitrogen and oxygen atoms in total. The van der Waals surface area contributed by atoms with E-state index in [-0.39, 0.29) is 24.4 Å². The van der Waals surface area contributed by atoms with Gasteiger partial charge in [-0.2, -0.15) is 0 Å². The van der Waals surface area contributed by atoms with Crippen molar-refractivity contribution in [2.75, 3.05) is 40.1 Å². The molecular weight excluding hydrogens is 348 g/mol. The molecule has 0 spiro atoms. The Labute approximate surface area is 166 Å². The lowest BCUT2D eigenvalue weighted by Crippen LogP contribution is -2.62. The Kier molecular flexibility index (Phi) is 14.4. The SMILES string of the molecule is CCCCOC1[C@@H](OC)OC(COCC)[C@H](OCCCC)[C@@H]1OCCCC. The molecule has 1 aliphatic heterocycles. The van der Waals surface area contributed by atoms with Gasteiger partial charge in [0.15, 0.2) is 6.29 Å². The lowest BCUT2D eigenvalue weighted by molar-refractivity contribution is -0.318. The molecule has 1 saturated heterocycles. The molecule has 0 radical (unpaired) electrons. The van der Waals surface area contributed by atoms with Gasteiger partial charge in [0.1, 0.15) is 24.4 Å². The van der Waals surface area contributed by atoms with Gasteiger partial charge in [0.25, 0.3) is 0 Å². The molecule has 0 aromatic carbocycles. The first-order valence-electron chi connectivity index (χ1n) is 10.8. The van der Waals surface area contributed by atoms with Crippen LogP contribution in [0.2, 0.25) is 0 Å². The summed E-state index contributed by atoms with van der Waals surface area (Å²) >= 11 is 0. The third-order valence-corrected chi connectivity index (χ3v) is 4.73. The van der Waals surface area contributed by atoms with Crippen molar-refractivity contribution < 1.29 is 28.4 Å². The van der Waals surface area contributed by atoms with Gasteiger partial charge in [-0.25, -0.2) is 0 Å². The van der Waals surface area contributed by atoms with E-state index < -0.39 is 6.29 Å². The first-order valence-corrected chi connectivity index (χ1v) is 10.8. The van der Waals surface area contributed by atoms with E-state index in [1.54, 1.807) is 7.11 Å². The summed E-state index contributed by atoms with van der Waals surface area (Å²) in [4.78, 5) is 0. The average molecular weight is 391 g/mol. The van der Waals surface area contributed by atoms with Crippen molar-refractivity contribution in [2.45, 2.75) is 96.9 Å². The van der Waals surface area contributed by atoms with E-state index in [1.807, 2.05) is 6.92 Å². The fourth-order valence-electron chi connectivity index (χ4n) is 3.09. The summed E-state index contributed by atoms with van der Waals surface area (Å²) in [6.45, 7) is 11.6. The number of hydrogen-bond donors (Lipinski definition) is 0. The van der Waals surface area contributed by atoms with E-state index in [9.17, 15) is 0 Å². The highest BCUT2D eigenvalue weighted by atomic mass is 16.7. The molecule has 2 unspecified atom stereocenters. The summed E-state index contributed by atoms with van der Waals surface area (Å²) in [6.07, 6.45) is 4.80. The maximum atomic E-state index is 6.29. The highest BCUT2D eigenvalue weighted by Crippen LogP contribution is 2.29.